The molecule has 2 N–H and O–H groups in total. The number of aromatic nitrogens is 1. The van der Waals surface area contributed by atoms with Crippen molar-refractivity contribution in [3.63, 3.8) is 0 Å². The Morgan fingerprint density at radius 1 is 1.28 bits per heavy atom. The van der Waals surface area contributed by atoms with Crippen LogP contribution >= 0.6 is 0 Å². The van der Waals surface area contributed by atoms with E-state index in [-0.39, 0.29) is 6.10 Å². The maximum absolute atomic E-state index is 9.96. The second-order valence-electron chi connectivity index (χ2n) is 5.78. The van der Waals surface area contributed by atoms with Gasteiger partial charge in [-0.3, -0.25) is 0 Å². The van der Waals surface area contributed by atoms with Crippen LogP contribution in [0, 0.1) is 19.8 Å². The summed E-state index contributed by atoms with van der Waals surface area (Å²) < 4.78 is 0. The molecule has 0 aliphatic heterocycles. The predicted molar refractivity (Wildman–Crippen MR) is 74.8 cm³/mol. The van der Waals surface area contributed by atoms with Crippen molar-refractivity contribution < 1.29 is 5.11 Å². The summed E-state index contributed by atoms with van der Waals surface area (Å²) in [7, 11) is 0. The lowest BCUT2D eigenvalue weighted by molar-refractivity contribution is 0.133. The third-order valence-electron chi connectivity index (χ3n) is 4.32. The van der Waals surface area contributed by atoms with Crippen molar-refractivity contribution in [3.05, 3.63) is 35.0 Å². The minimum atomic E-state index is -0.0964. The van der Waals surface area contributed by atoms with Gasteiger partial charge >= 0.3 is 0 Å². The summed E-state index contributed by atoms with van der Waals surface area (Å²) in [6.45, 7) is 4.30. The molecule has 2 aromatic rings. The van der Waals surface area contributed by atoms with E-state index in [2.05, 4.69) is 37.2 Å². The summed E-state index contributed by atoms with van der Waals surface area (Å²) >= 11 is 0. The molecule has 2 heteroatoms. The van der Waals surface area contributed by atoms with Crippen LogP contribution in [0.15, 0.2) is 18.3 Å². The van der Waals surface area contributed by atoms with Crippen molar-refractivity contribution in [1.29, 1.82) is 0 Å². The van der Waals surface area contributed by atoms with Gasteiger partial charge in [0.05, 0.1) is 6.10 Å². The Morgan fingerprint density at radius 2 is 2.11 bits per heavy atom. The monoisotopic (exact) mass is 243 g/mol. The zero-order valence-corrected chi connectivity index (χ0v) is 11.2. The fraction of sp³-hybridized carbons (Fsp3) is 0.500. The van der Waals surface area contributed by atoms with Gasteiger partial charge in [-0.05, 0) is 56.2 Å². The summed E-state index contributed by atoms with van der Waals surface area (Å²) in [5.74, 6) is 0.449. The largest absolute Gasteiger partial charge is 0.393 e. The van der Waals surface area contributed by atoms with Crippen molar-refractivity contribution in [2.24, 2.45) is 5.92 Å². The summed E-state index contributed by atoms with van der Waals surface area (Å²) in [5, 5.41) is 11.3. The second kappa shape index (κ2) is 4.43. The lowest BCUT2D eigenvalue weighted by Crippen LogP contribution is -2.15. The highest BCUT2D eigenvalue weighted by atomic mass is 16.3. The number of hydrogen-bond acceptors (Lipinski definition) is 1. The standard InChI is InChI=1S/C16H21NO/c1-10-6-11(2)16-14(7-10)13(9-17-16)8-12-4-3-5-15(12)18/h6-7,9,12,15,17-18H,3-5,8H2,1-2H3. The van der Waals surface area contributed by atoms with Gasteiger partial charge in [-0.2, -0.15) is 0 Å². The van der Waals surface area contributed by atoms with Gasteiger partial charge in [0.2, 0.25) is 0 Å². The minimum Gasteiger partial charge on any atom is -0.393 e. The van der Waals surface area contributed by atoms with Crippen LogP contribution in [0.4, 0.5) is 0 Å². The average Bonchev–Trinajstić information content (AvgIpc) is 2.88. The molecule has 1 aliphatic rings. The zero-order chi connectivity index (χ0) is 12.7. The molecule has 1 saturated carbocycles. The first-order valence-electron chi connectivity index (χ1n) is 6.90. The van der Waals surface area contributed by atoms with Crippen molar-refractivity contribution >= 4 is 10.9 Å². The normalized spacial score (nSPS) is 23.9. The number of rotatable bonds is 2. The van der Waals surface area contributed by atoms with Crippen molar-refractivity contribution in [2.75, 3.05) is 0 Å². The quantitative estimate of drug-likeness (QED) is 0.832. The van der Waals surface area contributed by atoms with E-state index >= 15 is 0 Å². The fourth-order valence-electron chi connectivity index (χ4n) is 3.36. The highest BCUT2D eigenvalue weighted by molar-refractivity contribution is 5.86. The lowest BCUT2D eigenvalue weighted by atomic mass is 9.95. The van der Waals surface area contributed by atoms with E-state index in [1.54, 1.807) is 0 Å². The summed E-state index contributed by atoms with van der Waals surface area (Å²) in [4.78, 5) is 3.39. The number of aliphatic hydroxyl groups excluding tert-OH is 1. The molecule has 2 atom stereocenters. The molecule has 96 valence electrons. The number of fused-ring (bicyclic) bond motifs is 1. The Kier molecular flexibility index (Phi) is 2.90. The Balaban J connectivity index is 1.97. The number of hydrogen-bond donors (Lipinski definition) is 2. The summed E-state index contributed by atoms with van der Waals surface area (Å²) in [6.07, 6.45) is 6.35. The molecular weight excluding hydrogens is 222 g/mol. The van der Waals surface area contributed by atoms with E-state index in [0.717, 1.165) is 12.8 Å². The molecule has 0 spiro atoms. The SMILES string of the molecule is Cc1cc(C)c2[nH]cc(CC3CCCC3O)c2c1. The number of nitrogens with one attached hydrogen (secondary N) is 1. The van der Waals surface area contributed by atoms with E-state index in [1.165, 1.54) is 40.4 Å². The highest BCUT2D eigenvalue weighted by Gasteiger charge is 2.26. The molecule has 2 nitrogen and oxygen atoms in total. The second-order valence-corrected chi connectivity index (χ2v) is 5.78. The maximum Gasteiger partial charge on any atom is 0.0571 e. The van der Waals surface area contributed by atoms with Gasteiger partial charge in [0.15, 0.2) is 0 Å². The van der Waals surface area contributed by atoms with Gasteiger partial charge in [0, 0.05) is 17.1 Å². The van der Waals surface area contributed by atoms with Crippen LogP contribution in [-0.2, 0) is 6.42 Å². The Morgan fingerprint density at radius 3 is 2.83 bits per heavy atom. The van der Waals surface area contributed by atoms with Gasteiger partial charge in [0.25, 0.3) is 0 Å². The van der Waals surface area contributed by atoms with Gasteiger partial charge in [-0.1, -0.05) is 18.1 Å². The van der Waals surface area contributed by atoms with Crippen molar-refractivity contribution in [1.82, 2.24) is 4.98 Å². The molecule has 1 aromatic heterocycles. The smallest absolute Gasteiger partial charge is 0.0571 e. The van der Waals surface area contributed by atoms with E-state index in [9.17, 15) is 5.11 Å². The van der Waals surface area contributed by atoms with E-state index in [0.29, 0.717) is 5.92 Å². The van der Waals surface area contributed by atoms with Crippen LogP contribution in [0.2, 0.25) is 0 Å². The van der Waals surface area contributed by atoms with Crippen LogP contribution in [0.1, 0.15) is 36.0 Å². The Bertz CT molecular complexity index is 570. The molecule has 0 radical (unpaired) electrons. The van der Waals surface area contributed by atoms with Crippen LogP contribution in [0.25, 0.3) is 10.9 Å². The lowest BCUT2D eigenvalue weighted by Gasteiger charge is -2.13. The van der Waals surface area contributed by atoms with E-state index in [1.807, 2.05) is 0 Å². The fourth-order valence-corrected chi connectivity index (χ4v) is 3.36. The highest BCUT2D eigenvalue weighted by Crippen LogP contribution is 2.32. The maximum atomic E-state index is 9.96. The van der Waals surface area contributed by atoms with Gasteiger partial charge in [0.1, 0.15) is 0 Å². The Hall–Kier alpha value is -1.28. The first kappa shape index (κ1) is 11.8. The van der Waals surface area contributed by atoms with Crippen LogP contribution in [0.3, 0.4) is 0 Å². The van der Waals surface area contributed by atoms with Gasteiger partial charge < -0.3 is 10.1 Å². The molecule has 1 aliphatic carbocycles. The number of H-pyrrole nitrogens is 1. The van der Waals surface area contributed by atoms with Crippen molar-refractivity contribution in [3.8, 4) is 0 Å². The van der Waals surface area contributed by atoms with Crippen molar-refractivity contribution in [2.45, 2.75) is 45.6 Å². The Labute approximate surface area is 108 Å². The third kappa shape index (κ3) is 1.95. The number of aliphatic hydroxyl groups is 1. The molecule has 1 heterocycles. The summed E-state index contributed by atoms with van der Waals surface area (Å²) in [6, 6.07) is 4.47. The number of aryl methyl sites for hydroxylation is 2. The van der Waals surface area contributed by atoms with Crippen LogP contribution < -0.4 is 0 Å². The number of benzene rings is 1. The predicted octanol–water partition coefficient (Wildman–Crippen LogP) is 3.49. The van der Waals surface area contributed by atoms with E-state index < -0.39 is 0 Å². The minimum absolute atomic E-state index is 0.0964. The molecule has 1 aromatic carbocycles. The van der Waals surface area contributed by atoms with Gasteiger partial charge in [-0.25, -0.2) is 0 Å². The first-order chi connectivity index (χ1) is 8.65. The average molecular weight is 243 g/mol. The molecule has 18 heavy (non-hydrogen) atoms. The number of aromatic amines is 1. The van der Waals surface area contributed by atoms with Gasteiger partial charge in [-0.15, -0.1) is 0 Å². The third-order valence-corrected chi connectivity index (χ3v) is 4.32. The molecule has 0 saturated heterocycles. The molecular formula is C16H21NO. The van der Waals surface area contributed by atoms with E-state index in [4.69, 9.17) is 0 Å². The van der Waals surface area contributed by atoms with Crippen LogP contribution in [0.5, 0.6) is 0 Å². The van der Waals surface area contributed by atoms with Crippen LogP contribution in [-0.4, -0.2) is 16.2 Å². The molecule has 0 amide bonds. The molecule has 2 unspecified atom stereocenters. The molecule has 3 rings (SSSR count). The first-order valence-corrected chi connectivity index (χ1v) is 6.90. The molecule has 1 fully saturated rings. The zero-order valence-electron chi connectivity index (χ0n) is 11.2. The topological polar surface area (TPSA) is 36.0 Å². The molecule has 0 bridgehead atoms. The summed E-state index contributed by atoms with van der Waals surface area (Å²) in [5.41, 5.74) is 5.24.